The molecule has 5 aliphatic rings. The zero-order valence-electron chi connectivity index (χ0n) is 22.5. The fourth-order valence-electron chi connectivity index (χ4n) is 8.03. The second-order valence-electron chi connectivity index (χ2n) is 13.2. The number of rotatable bonds is 6. The number of carbonyl (C=O) groups excluding carboxylic acids is 2. The van der Waals surface area contributed by atoms with Crippen LogP contribution < -0.4 is 0 Å². The van der Waals surface area contributed by atoms with Crippen molar-refractivity contribution in [2.45, 2.75) is 153 Å². The van der Waals surface area contributed by atoms with Gasteiger partial charge in [0.15, 0.2) is 0 Å². The van der Waals surface area contributed by atoms with E-state index in [9.17, 15) is 9.59 Å². The van der Waals surface area contributed by atoms with Gasteiger partial charge in [-0.3, -0.25) is 14.5 Å². The molecule has 4 saturated carbocycles. The molecule has 1 aliphatic heterocycles. The first-order chi connectivity index (χ1) is 16.8. The number of imide groups is 1. The first kappa shape index (κ1) is 25.7. The highest BCUT2D eigenvalue weighted by Gasteiger charge is 2.50. The summed E-state index contributed by atoms with van der Waals surface area (Å²) in [5.74, 6) is 1.71. The van der Waals surface area contributed by atoms with Crippen LogP contribution in [0.4, 0.5) is 0 Å². The van der Waals surface area contributed by atoms with Crippen LogP contribution in [0.1, 0.15) is 124 Å². The number of amides is 2. The Morgan fingerprint density at radius 1 is 0.657 bits per heavy atom. The summed E-state index contributed by atoms with van der Waals surface area (Å²) in [4.78, 5) is 27.6. The maximum absolute atomic E-state index is 13.0. The summed E-state index contributed by atoms with van der Waals surface area (Å²) >= 11 is 0. The highest BCUT2D eigenvalue weighted by molar-refractivity contribution is 6.05. The van der Waals surface area contributed by atoms with E-state index in [-0.39, 0.29) is 41.4 Å². The molecule has 2 atom stereocenters. The molecule has 0 N–H and O–H groups in total. The lowest BCUT2D eigenvalue weighted by Crippen LogP contribution is -2.44. The summed E-state index contributed by atoms with van der Waals surface area (Å²) in [6.07, 6.45) is 18.6. The van der Waals surface area contributed by atoms with Crippen molar-refractivity contribution >= 4 is 11.8 Å². The van der Waals surface area contributed by atoms with E-state index < -0.39 is 0 Å². The van der Waals surface area contributed by atoms with Crippen molar-refractivity contribution in [2.75, 3.05) is 0 Å². The second kappa shape index (κ2) is 10.8. The van der Waals surface area contributed by atoms with Gasteiger partial charge in [0, 0.05) is 6.04 Å². The summed E-state index contributed by atoms with van der Waals surface area (Å²) < 4.78 is 13.2. The Hall–Kier alpha value is -0.940. The van der Waals surface area contributed by atoms with Crippen LogP contribution in [-0.4, -0.2) is 46.7 Å². The van der Waals surface area contributed by atoms with Gasteiger partial charge >= 0.3 is 0 Å². The molecule has 0 aromatic carbocycles. The van der Waals surface area contributed by atoms with Crippen molar-refractivity contribution in [1.29, 1.82) is 0 Å². The third-order valence-corrected chi connectivity index (χ3v) is 10.4. The lowest BCUT2D eigenvalue weighted by atomic mass is 9.77. The molecule has 198 valence electrons. The monoisotopic (exact) mass is 487 g/mol. The number of ether oxygens (including phenoxy) is 2. The summed E-state index contributed by atoms with van der Waals surface area (Å²) in [6.45, 7) is 7.00. The molecule has 5 fully saturated rings. The van der Waals surface area contributed by atoms with Gasteiger partial charge in [-0.15, -0.1) is 0 Å². The van der Waals surface area contributed by atoms with Crippen molar-refractivity contribution in [3.8, 4) is 0 Å². The van der Waals surface area contributed by atoms with E-state index in [1.54, 1.807) is 4.90 Å². The van der Waals surface area contributed by atoms with Crippen LogP contribution in [0.2, 0.25) is 0 Å². The molecule has 0 bridgehead atoms. The largest absolute Gasteiger partial charge is 0.375 e. The molecule has 5 nitrogen and oxygen atoms in total. The zero-order chi connectivity index (χ0) is 24.6. The molecular weight excluding hydrogens is 438 g/mol. The van der Waals surface area contributed by atoms with Gasteiger partial charge < -0.3 is 9.47 Å². The van der Waals surface area contributed by atoms with Crippen LogP contribution >= 0.6 is 0 Å². The number of likely N-dealkylation sites (tertiary alicyclic amines) is 1. The lowest BCUT2D eigenvalue weighted by molar-refractivity contribution is -0.146. The van der Waals surface area contributed by atoms with Gasteiger partial charge in [-0.25, -0.2) is 0 Å². The minimum Gasteiger partial charge on any atom is -0.375 e. The molecule has 35 heavy (non-hydrogen) atoms. The van der Waals surface area contributed by atoms with Gasteiger partial charge in [0.05, 0.1) is 35.7 Å². The molecule has 2 amide bonds. The van der Waals surface area contributed by atoms with Crippen LogP contribution in [0.25, 0.3) is 0 Å². The Balaban J connectivity index is 1.04. The van der Waals surface area contributed by atoms with Gasteiger partial charge in [0.25, 0.3) is 0 Å². The Morgan fingerprint density at radius 3 is 1.69 bits per heavy atom. The Bertz CT molecular complexity index is 717. The lowest BCUT2D eigenvalue weighted by Gasteiger charge is -2.43. The molecule has 0 aromatic rings. The number of nitrogens with zero attached hydrogens (tertiary/aromatic N) is 1. The van der Waals surface area contributed by atoms with E-state index in [0.717, 1.165) is 70.1 Å². The first-order valence-electron chi connectivity index (χ1n) is 15.0. The fourth-order valence-corrected chi connectivity index (χ4v) is 8.03. The highest BCUT2D eigenvalue weighted by atomic mass is 16.5. The molecule has 0 spiro atoms. The van der Waals surface area contributed by atoms with E-state index in [4.69, 9.17) is 9.47 Å². The smallest absolute Gasteiger partial charge is 0.233 e. The van der Waals surface area contributed by atoms with Crippen molar-refractivity contribution in [2.24, 2.45) is 23.7 Å². The van der Waals surface area contributed by atoms with Crippen LogP contribution in [-0.2, 0) is 19.1 Å². The average Bonchev–Trinajstić information content (AvgIpc) is 3.11. The SMILES string of the molecule is CC1CCC(OC(C)(C)C2CCC(OC3CCC(N4C(=O)C5CCCCC5C4=O)CC3)CC2)CC1. The fraction of sp³-hybridized carbons (Fsp3) is 0.933. The van der Waals surface area contributed by atoms with E-state index >= 15 is 0 Å². The average molecular weight is 488 g/mol. The molecule has 4 aliphatic carbocycles. The number of carbonyl (C=O) groups is 2. The molecular formula is C30H49NO4. The van der Waals surface area contributed by atoms with E-state index in [0.29, 0.717) is 18.1 Å². The molecule has 0 aromatic heterocycles. The highest BCUT2D eigenvalue weighted by Crippen LogP contribution is 2.42. The maximum atomic E-state index is 13.0. The van der Waals surface area contributed by atoms with Gasteiger partial charge in [-0.1, -0.05) is 19.8 Å². The summed E-state index contributed by atoms with van der Waals surface area (Å²) in [6, 6.07) is 0.108. The maximum Gasteiger partial charge on any atom is 0.233 e. The normalized spacial score (nSPS) is 41.2. The first-order valence-corrected chi connectivity index (χ1v) is 15.0. The molecule has 2 unspecified atom stereocenters. The second-order valence-corrected chi connectivity index (χ2v) is 13.2. The number of hydrogen-bond acceptors (Lipinski definition) is 4. The minimum atomic E-state index is -0.0414. The molecule has 5 heteroatoms. The van der Waals surface area contributed by atoms with Gasteiger partial charge in [-0.2, -0.15) is 0 Å². The van der Waals surface area contributed by atoms with E-state index in [1.807, 2.05) is 0 Å². The molecule has 5 rings (SSSR count). The van der Waals surface area contributed by atoms with E-state index in [2.05, 4.69) is 20.8 Å². The van der Waals surface area contributed by atoms with Crippen molar-refractivity contribution in [3.63, 3.8) is 0 Å². The minimum absolute atomic E-state index is 0.0182. The van der Waals surface area contributed by atoms with Gasteiger partial charge in [-0.05, 0) is 116 Å². The zero-order valence-corrected chi connectivity index (χ0v) is 22.5. The van der Waals surface area contributed by atoms with Crippen LogP contribution in [0.5, 0.6) is 0 Å². The van der Waals surface area contributed by atoms with Crippen molar-refractivity contribution in [3.05, 3.63) is 0 Å². The Morgan fingerprint density at radius 2 is 1.14 bits per heavy atom. The standard InChI is InChI=1S/C30H49NO4/c1-20-8-14-25(15-9-20)35-30(2,3)21-10-16-23(17-11-21)34-24-18-12-22(13-19-24)31-28(32)26-6-4-5-7-27(26)29(31)33/h20-27H,4-19H2,1-3H3. The molecule has 1 heterocycles. The Kier molecular flexibility index (Phi) is 7.94. The third kappa shape index (κ3) is 5.66. The van der Waals surface area contributed by atoms with Crippen LogP contribution in [0.15, 0.2) is 0 Å². The molecule has 1 saturated heterocycles. The number of hydrogen-bond donors (Lipinski definition) is 0. The third-order valence-electron chi connectivity index (χ3n) is 10.4. The van der Waals surface area contributed by atoms with Gasteiger partial charge in [0.2, 0.25) is 11.8 Å². The number of fused-ring (bicyclic) bond motifs is 1. The summed E-state index contributed by atoms with van der Waals surface area (Å²) in [5.41, 5.74) is -0.0414. The summed E-state index contributed by atoms with van der Waals surface area (Å²) in [7, 11) is 0. The predicted molar refractivity (Wildman–Crippen MR) is 137 cm³/mol. The topological polar surface area (TPSA) is 55.8 Å². The van der Waals surface area contributed by atoms with Crippen molar-refractivity contribution < 1.29 is 19.1 Å². The van der Waals surface area contributed by atoms with Crippen LogP contribution in [0, 0.1) is 23.7 Å². The van der Waals surface area contributed by atoms with Gasteiger partial charge in [0.1, 0.15) is 0 Å². The molecule has 0 radical (unpaired) electrons. The predicted octanol–water partition coefficient (Wildman–Crippen LogP) is 6.42. The van der Waals surface area contributed by atoms with Crippen LogP contribution in [0.3, 0.4) is 0 Å². The summed E-state index contributed by atoms with van der Waals surface area (Å²) in [5, 5.41) is 0. The van der Waals surface area contributed by atoms with Crippen molar-refractivity contribution in [1.82, 2.24) is 4.90 Å². The quantitative estimate of drug-likeness (QED) is 0.406. The Labute approximate surface area is 213 Å². The van der Waals surface area contributed by atoms with E-state index in [1.165, 1.54) is 38.5 Å².